The van der Waals surface area contributed by atoms with Gasteiger partial charge in [0.1, 0.15) is 6.33 Å². The molecule has 3 heterocycles. The van der Waals surface area contributed by atoms with Crippen molar-refractivity contribution in [3.05, 3.63) is 76.9 Å². The van der Waals surface area contributed by atoms with E-state index in [1.165, 1.54) is 32.9 Å². The number of benzene rings is 2. The number of allylic oxidation sites excluding steroid dienone is 2. The maximum Gasteiger partial charge on any atom is 0.162 e. The summed E-state index contributed by atoms with van der Waals surface area (Å²) >= 11 is 1.80. The van der Waals surface area contributed by atoms with Crippen molar-refractivity contribution >= 4 is 48.3 Å². The van der Waals surface area contributed by atoms with E-state index >= 15 is 0 Å². The molecule has 1 N–H and O–H groups in total. The summed E-state index contributed by atoms with van der Waals surface area (Å²) in [7, 11) is 0. The number of fused-ring (bicyclic) bond motifs is 4. The first-order chi connectivity index (χ1) is 23.5. The van der Waals surface area contributed by atoms with Crippen molar-refractivity contribution in [2.24, 2.45) is 22.7 Å². The van der Waals surface area contributed by atoms with Crippen LogP contribution in [0.15, 0.2) is 48.5 Å². The molecule has 0 aliphatic heterocycles. The minimum atomic E-state index is 0. The number of rotatable bonds is 10. The van der Waals surface area contributed by atoms with Crippen molar-refractivity contribution in [1.29, 1.82) is 0 Å². The average molecular weight is 885 g/mol. The van der Waals surface area contributed by atoms with Crippen LogP contribution in [0.5, 0.6) is 0 Å². The maximum absolute atomic E-state index is 11.7. The van der Waals surface area contributed by atoms with E-state index in [9.17, 15) is 9.90 Å². The van der Waals surface area contributed by atoms with Crippen molar-refractivity contribution < 1.29 is 30.0 Å². The first-order valence-electron chi connectivity index (χ1n) is 18.4. The second kappa shape index (κ2) is 17.7. The molecule has 2 aromatic carbocycles. The van der Waals surface area contributed by atoms with Gasteiger partial charge in [0.15, 0.2) is 5.78 Å². The molecule has 7 heteroatoms. The van der Waals surface area contributed by atoms with E-state index in [0.29, 0.717) is 0 Å². The van der Waals surface area contributed by atoms with Gasteiger partial charge in [0.2, 0.25) is 0 Å². The van der Waals surface area contributed by atoms with Gasteiger partial charge in [-0.15, -0.1) is 29.5 Å². The Morgan fingerprint density at radius 1 is 0.843 bits per heavy atom. The number of ketones is 1. The predicted octanol–water partition coefficient (Wildman–Crippen LogP) is 12.5. The molecule has 0 aliphatic rings. The number of aliphatic hydroxyl groups excluding tert-OH is 1. The number of carbonyl (C=O) groups is 1. The van der Waals surface area contributed by atoms with Crippen LogP contribution in [-0.4, -0.2) is 25.8 Å². The topological polar surface area (TPSA) is 76.0 Å². The van der Waals surface area contributed by atoms with Gasteiger partial charge in [0.25, 0.3) is 0 Å². The molecule has 0 saturated carbocycles. The Labute approximate surface area is 324 Å². The van der Waals surface area contributed by atoms with Gasteiger partial charge in [0.05, 0.1) is 11.3 Å². The zero-order valence-corrected chi connectivity index (χ0v) is 36.1. The van der Waals surface area contributed by atoms with Crippen LogP contribution in [0.4, 0.5) is 0 Å². The molecule has 0 amide bonds. The Kier molecular flexibility index (Phi) is 14.7. The Balaban J connectivity index is 0.000000374. The Hall–Kier alpha value is -2.99. The number of thiophene rings is 1. The summed E-state index contributed by atoms with van der Waals surface area (Å²) in [4.78, 5) is 26.1. The number of aliphatic hydroxyl groups is 1. The summed E-state index contributed by atoms with van der Waals surface area (Å²) in [6, 6.07) is 14.8. The number of aromatic nitrogens is 3. The number of hydrogen-bond donors (Lipinski definition) is 1. The molecule has 0 saturated heterocycles. The number of carbonyl (C=O) groups excluding carboxylic acids is 1. The number of aryl methyl sites for hydroxylation is 2. The number of pyridine rings is 1. The van der Waals surface area contributed by atoms with Crippen LogP contribution >= 0.6 is 11.3 Å². The Morgan fingerprint density at radius 3 is 2.04 bits per heavy atom. The van der Waals surface area contributed by atoms with Gasteiger partial charge in [0, 0.05) is 69.7 Å². The molecule has 5 aromatic rings. The molecule has 5 rings (SSSR count). The van der Waals surface area contributed by atoms with Gasteiger partial charge < -0.3 is 5.11 Å². The first-order valence-corrected chi connectivity index (χ1v) is 19.2. The number of nitrogens with zero attached hydrogens (tertiary/aromatic N) is 3. The molecule has 0 spiro atoms. The predicted molar refractivity (Wildman–Crippen MR) is 214 cm³/mol. The van der Waals surface area contributed by atoms with Crippen LogP contribution < -0.4 is 0 Å². The van der Waals surface area contributed by atoms with Crippen molar-refractivity contribution in [2.75, 3.05) is 0 Å². The Bertz CT molecular complexity index is 1990. The third-order valence-corrected chi connectivity index (χ3v) is 10.6. The molecule has 0 aliphatic carbocycles. The second-order valence-electron chi connectivity index (χ2n) is 16.3. The minimum Gasteiger partial charge on any atom is -0.512 e. The molecule has 0 fully saturated rings. The zero-order chi connectivity index (χ0) is 37.0. The summed E-state index contributed by atoms with van der Waals surface area (Å²) in [6.07, 6.45) is 8.61. The zero-order valence-electron chi connectivity index (χ0n) is 32.9. The molecule has 277 valence electrons. The summed E-state index contributed by atoms with van der Waals surface area (Å²) in [6.45, 7) is 26.1. The fraction of sp³-hybridized carbons (Fsp3) is 0.500. The largest absolute Gasteiger partial charge is 0.512 e. The van der Waals surface area contributed by atoms with Crippen LogP contribution in [0.2, 0.25) is 0 Å². The van der Waals surface area contributed by atoms with Crippen LogP contribution in [0.1, 0.15) is 117 Å². The molecule has 5 nitrogen and oxygen atoms in total. The van der Waals surface area contributed by atoms with E-state index in [4.69, 9.17) is 15.0 Å². The molecule has 0 atom stereocenters. The third kappa shape index (κ3) is 10.8. The SMILES string of the molecule is CCC(CC)C(=O)/C=C(\O)C(CC)CC.Cc1ccc2[c-]c(-c3ncnc4c3sc3cc(CC(C)(C)C)c(C)cc34)cc(CC(C)(C)C)c2n1.[Ir]. The smallest absolute Gasteiger partial charge is 0.162 e. The van der Waals surface area contributed by atoms with E-state index in [1.807, 2.05) is 27.7 Å². The van der Waals surface area contributed by atoms with Crippen LogP contribution in [0, 0.1) is 42.6 Å². The van der Waals surface area contributed by atoms with E-state index in [-0.39, 0.29) is 54.3 Å². The van der Waals surface area contributed by atoms with Crippen LogP contribution in [-0.2, 0) is 37.7 Å². The molecule has 51 heavy (non-hydrogen) atoms. The van der Waals surface area contributed by atoms with E-state index in [1.54, 1.807) is 17.7 Å². The quantitative estimate of drug-likeness (QED) is 0.0859. The average Bonchev–Trinajstić information content (AvgIpc) is 3.38. The number of hydrogen-bond acceptors (Lipinski definition) is 6. The maximum atomic E-state index is 11.7. The van der Waals surface area contributed by atoms with Gasteiger partial charge >= 0.3 is 0 Å². The summed E-state index contributed by atoms with van der Waals surface area (Å²) in [5, 5.41) is 12.0. The summed E-state index contributed by atoms with van der Waals surface area (Å²) < 4.78 is 2.41. The second-order valence-corrected chi connectivity index (χ2v) is 17.4. The van der Waals surface area contributed by atoms with E-state index < -0.39 is 0 Å². The van der Waals surface area contributed by atoms with Crippen molar-refractivity contribution in [1.82, 2.24) is 15.0 Å². The van der Waals surface area contributed by atoms with E-state index in [0.717, 1.165) is 76.6 Å². The monoisotopic (exact) mass is 885 g/mol. The fourth-order valence-corrected chi connectivity index (χ4v) is 7.87. The van der Waals surface area contributed by atoms with Gasteiger partial charge in [-0.2, -0.15) is 0 Å². The first kappa shape index (κ1) is 42.4. The van der Waals surface area contributed by atoms with Crippen molar-refractivity contribution in [3.63, 3.8) is 0 Å². The molecule has 0 unspecified atom stereocenters. The molecular weight excluding hydrogens is 827 g/mol. The summed E-state index contributed by atoms with van der Waals surface area (Å²) in [5.41, 5.74) is 9.49. The van der Waals surface area contributed by atoms with Crippen molar-refractivity contribution in [3.8, 4) is 11.3 Å². The fourth-order valence-electron chi connectivity index (χ4n) is 6.66. The van der Waals surface area contributed by atoms with Crippen molar-refractivity contribution in [2.45, 2.75) is 122 Å². The minimum absolute atomic E-state index is 0. The normalized spacial score (nSPS) is 12.5. The molecular formula is C44H58IrN3O2S-. The van der Waals surface area contributed by atoms with Gasteiger partial charge in [-0.05, 0) is 86.5 Å². The molecule has 0 bridgehead atoms. The molecule has 1 radical (unpaired) electrons. The van der Waals surface area contributed by atoms with Crippen LogP contribution in [0.25, 0.3) is 42.5 Å². The van der Waals surface area contributed by atoms with Gasteiger partial charge in [-0.3, -0.25) is 14.8 Å². The molecule has 3 aromatic heterocycles. The summed E-state index contributed by atoms with van der Waals surface area (Å²) in [5.74, 6) is 0.547. The van der Waals surface area contributed by atoms with E-state index in [2.05, 4.69) is 91.8 Å². The standard InChI is InChI=1S/C31H34N3S.C13H24O2.Ir/c1-18-11-24-25(14-22(18)15-30(3,4)5)35-29-27(32-17-33-28(24)29)21-12-20-10-9-19(2)34-26(20)23(13-21)16-31(6,7)8;1-5-10(6-2)12(14)9-13(15)11(7-3)8-4;/h9-11,13-14,17H,15-16H2,1-8H3;9-11,14H,5-8H2,1-4H3;/q-1;;/b;12-9-;. The van der Waals surface area contributed by atoms with Crippen LogP contribution in [0.3, 0.4) is 0 Å². The third-order valence-electron chi connectivity index (χ3n) is 9.41. The Morgan fingerprint density at radius 2 is 1.45 bits per heavy atom. The van der Waals surface area contributed by atoms with Gasteiger partial charge in [-0.25, -0.2) is 4.98 Å². The van der Waals surface area contributed by atoms with Gasteiger partial charge in [-0.1, -0.05) is 91.8 Å².